The molecule has 0 radical (unpaired) electrons. The van der Waals surface area contributed by atoms with E-state index in [1.165, 1.54) is 7.11 Å². The molecule has 1 amide bonds. The van der Waals surface area contributed by atoms with Crippen molar-refractivity contribution in [2.75, 3.05) is 33.5 Å². The Kier molecular flexibility index (Phi) is 9.97. The summed E-state index contributed by atoms with van der Waals surface area (Å²) in [6.07, 6.45) is 0.676. The van der Waals surface area contributed by atoms with Crippen molar-refractivity contribution in [3.8, 4) is 0 Å². The monoisotopic (exact) mass is 290 g/mol. The van der Waals surface area contributed by atoms with E-state index < -0.39 is 17.9 Å². The van der Waals surface area contributed by atoms with Crippen LogP contribution in [0.2, 0.25) is 0 Å². The van der Waals surface area contributed by atoms with Crippen molar-refractivity contribution in [1.82, 2.24) is 5.32 Å². The molecule has 0 unspecified atom stereocenters. The number of hydrogen-bond donors (Lipinski definition) is 4. The largest absolute Gasteiger partial charge is 0.480 e. The van der Waals surface area contributed by atoms with Crippen LogP contribution in [0.5, 0.6) is 0 Å². The predicted molar refractivity (Wildman–Crippen MR) is 72.2 cm³/mol. The van der Waals surface area contributed by atoms with Gasteiger partial charge in [-0.2, -0.15) is 0 Å². The summed E-state index contributed by atoms with van der Waals surface area (Å²) in [5.74, 6) is -1.65. The van der Waals surface area contributed by atoms with Crippen LogP contribution in [-0.2, 0) is 19.1 Å². The molecule has 0 heterocycles. The van der Waals surface area contributed by atoms with Crippen molar-refractivity contribution in [3.05, 3.63) is 0 Å². The highest BCUT2D eigenvalue weighted by atomic mass is 16.5. The van der Waals surface area contributed by atoms with Gasteiger partial charge in [0.2, 0.25) is 5.91 Å². The molecule has 0 aliphatic rings. The number of ether oxygens (including phenoxy) is 2. The molecule has 0 fully saturated rings. The number of carbonyl (C=O) groups excluding carboxylic acids is 1. The van der Waals surface area contributed by atoms with Crippen LogP contribution in [-0.4, -0.2) is 62.5 Å². The summed E-state index contributed by atoms with van der Waals surface area (Å²) in [6, 6.07) is -0.984. The van der Waals surface area contributed by atoms with Crippen molar-refractivity contribution in [1.29, 1.82) is 0 Å². The molecule has 0 bridgehead atoms. The third-order valence-electron chi connectivity index (χ3n) is 2.24. The van der Waals surface area contributed by atoms with E-state index in [0.29, 0.717) is 19.6 Å². The third-order valence-corrected chi connectivity index (χ3v) is 2.24. The zero-order valence-electron chi connectivity index (χ0n) is 11.5. The number of rotatable bonds is 11. The smallest absolute Gasteiger partial charge is 0.326 e. The highest BCUT2D eigenvalue weighted by molar-refractivity contribution is 5.84. The van der Waals surface area contributed by atoms with Gasteiger partial charge in [0.1, 0.15) is 12.6 Å². The second-order valence-corrected chi connectivity index (χ2v) is 3.95. The Bertz CT molecular complexity index is 331. The molecule has 0 saturated heterocycles. The first-order chi connectivity index (χ1) is 9.47. The van der Waals surface area contributed by atoms with Gasteiger partial charge in [0, 0.05) is 13.7 Å². The molecular formula is C11H22N4O5. The van der Waals surface area contributed by atoms with Gasteiger partial charge in [-0.1, -0.05) is 0 Å². The fraction of sp³-hybridized carbons (Fsp3) is 0.727. The lowest BCUT2D eigenvalue weighted by Gasteiger charge is -2.14. The van der Waals surface area contributed by atoms with E-state index in [1.807, 2.05) is 0 Å². The van der Waals surface area contributed by atoms with Crippen LogP contribution in [0.4, 0.5) is 0 Å². The molecule has 0 rings (SSSR count). The Hall–Kier alpha value is -1.87. The molecule has 0 aromatic carbocycles. The molecule has 9 heteroatoms. The van der Waals surface area contributed by atoms with E-state index in [0.717, 1.165) is 0 Å². The summed E-state index contributed by atoms with van der Waals surface area (Å²) in [6.45, 7) is 0.744. The van der Waals surface area contributed by atoms with Crippen molar-refractivity contribution in [3.63, 3.8) is 0 Å². The first-order valence-corrected chi connectivity index (χ1v) is 6.11. The summed E-state index contributed by atoms with van der Waals surface area (Å²) in [5.41, 5.74) is 10.3. The van der Waals surface area contributed by atoms with E-state index >= 15 is 0 Å². The number of carbonyl (C=O) groups is 2. The van der Waals surface area contributed by atoms with Crippen LogP contribution < -0.4 is 16.8 Å². The highest BCUT2D eigenvalue weighted by Gasteiger charge is 2.19. The van der Waals surface area contributed by atoms with Crippen molar-refractivity contribution in [2.24, 2.45) is 16.5 Å². The van der Waals surface area contributed by atoms with Gasteiger partial charge in [-0.25, -0.2) is 4.79 Å². The van der Waals surface area contributed by atoms with Crippen LogP contribution in [0.15, 0.2) is 4.99 Å². The third kappa shape index (κ3) is 10.1. The minimum absolute atomic E-state index is 0.0487. The van der Waals surface area contributed by atoms with E-state index in [1.54, 1.807) is 0 Å². The van der Waals surface area contributed by atoms with Crippen LogP contribution in [0.3, 0.4) is 0 Å². The van der Waals surface area contributed by atoms with Crippen molar-refractivity contribution in [2.45, 2.75) is 18.9 Å². The molecule has 6 N–H and O–H groups in total. The minimum Gasteiger partial charge on any atom is -0.480 e. The number of amides is 1. The lowest BCUT2D eigenvalue weighted by molar-refractivity contribution is -0.142. The molecule has 0 aromatic rings. The average Bonchev–Trinajstić information content (AvgIpc) is 2.37. The number of nitrogens with one attached hydrogen (secondary N) is 1. The number of guanidine groups is 1. The van der Waals surface area contributed by atoms with Gasteiger partial charge in [-0.05, 0) is 12.8 Å². The van der Waals surface area contributed by atoms with Gasteiger partial charge in [-0.15, -0.1) is 0 Å². The Balaban J connectivity index is 3.97. The Morgan fingerprint density at radius 1 is 1.35 bits per heavy atom. The van der Waals surface area contributed by atoms with Crippen molar-refractivity contribution < 1.29 is 24.2 Å². The zero-order chi connectivity index (χ0) is 15.4. The normalized spacial score (nSPS) is 11.7. The maximum Gasteiger partial charge on any atom is 0.326 e. The van der Waals surface area contributed by atoms with Gasteiger partial charge >= 0.3 is 5.97 Å². The fourth-order valence-corrected chi connectivity index (χ4v) is 1.30. The highest BCUT2D eigenvalue weighted by Crippen LogP contribution is 1.98. The number of aliphatic carboxylic acids is 1. The standard InChI is InChI=1S/C11H22N4O5/c1-19-5-6-20-7-9(16)15-8(10(17)18)3-2-4-14-11(12)13/h8H,2-7H2,1H3,(H,15,16)(H,17,18)(H4,12,13,14)/t8-/m0/s1. The molecule has 0 aliphatic carbocycles. The number of aliphatic imine (C=N–C) groups is 1. The second-order valence-electron chi connectivity index (χ2n) is 3.95. The molecule has 0 aromatic heterocycles. The molecular weight excluding hydrogens is 268 g/mol. The average molecular weight is 290 g/mol. The number of nitrogens with zero attached hydrogens (tertiary/aromatic N) is 1. The summed E-state index contributed by atoms with van der Waals surface area (Å²) < 4.78 is 9.73. The topological polar surface area (TPSA) is 149 Å². The molecule has 9 nitrogen and oxygen atoms in total. The van der Waals surface area contributed by atoms with E-state index in [-0.39, 0.29) is 25.6 Å². The SMILES string of the molecule is COCCOCC(=O)N[C@@H](CCCN=C(N)N)C(=O)O. The Labute approximate surface area is 117 Å². The van der Waals surface area contributed by atoms with E-state index in [9.17, 15) is 9.59 Å². The summed E-state index contributed by atoms with van der Waals surface area (Å²) >= 11 is 0. The predicted octanol–water partition coefficient (Wildman–Crippen LogP) is -1.73. The number of hydrogen-bond acceptors (Lipinski definition) is 5. The number of carboxylic acids is 1. The Morgan fingerprint density at radius 2 is 2.05 bits per heavy atom. The van der Waals surface area contributed by atoms with Crippen LogP contribution in [0.25, 0.3) is 0 Å². The van der Waals surface area contributed by atoms with Crippen LogP contribution in [0, 0.1) is 0 Å². The summed E-state index contributed by atoms with van der Waals surface area (Å²) in [4.78, 5) is 26.2. The van der Waals surface area contributed by atoms with Gasteiger partial charge < -0.3 is 31.4 Å². The van der Waals surface area contributed by atoms with Gasteiger partial charge in [0.15, 0.2) is 5.96 Å². The molecule has 116 valence electrons. The lowest BCUT2D eigenvalue weighted by Crippen LogP contribution is -2.42. The molecule has 0 aliphatic heterocycles. The van der Waals surface area contributed by atoms with E-state index in [4.69, 9.17) is 26.0 Å². The quantitative estimate of drug-likeness (QED) is 0.201. The lowest BCUT2D eigenvalue weighted by atomic mass is 10.1. The first-order valence-electron chi connectivity index (χ1n) is 6.11. The molecule has 1 atom stereocenters. The van der Waals surface area contributed by atoms with Crippen LogP contribution in [0.1, 0.15) is 12.8 Å². The van der Waals surface area contributed by atoms with Gasteiger partial charge in [-0.3, -0.25) is 9.79 Å². The minimum atomic E-state index is -1.11. The van der Waals surface area contributed by atoms with Gasteiger partial charge in [0.05, 0.1) is 13.2 Å². The number of methoxy groups -OCH3 is 1. The van der Waals surface area contributed by atoms with Gasteiger partial charge in [0.25, 0.3) is 0 Å². The first kappa shape index (κ1) is 18.1. The molecule has 0 saturated carbocycles. The fourth-order valence-electron chi connectivity index (χ4n) is 1.30. The number of carboxylic acid groups (broad SMARTS) is 1. The maximum absolute atomic E-state index is 11.5. The summed E-state index contributed by atoms with van der Waals surface area (Å²) in [7, 11) is 1.51. The van der Waals surface area contributed by atoms with Crippen molar-refractivity contribution >= 4 is 17.8 Å². The van der Waals surface area contributed by atoms with Crippen LogP contribution >= 0.6 is 0 Å². The van der Waals surface area contributed by atoms with E-state index in [2.05, 4.69) is 10.3 Å². The second kappa shape index (κ2) is 11.0. The molecule has 0 spiro atoms. The Morgan fingerprint density at radius 3 is 2.60 bits per heavy atom. The maximum atomic E-state index is 11.5. The zero-order valence-corrected chi connectivity index (χ0v) is 11.5. The molecule has 20 heavy (non-hydrogen) atoms. The number of nitrogens with two attached hydrogens (primary N) is 2. The summed E-state index contributed by atoms with van der Waals surface area (Å²) in [5, 5.41) is 11.3.